The van der Waals surface area contributed by atoms with Gasteiger partial charge in [0, 0.05) is 5.02 Å². The van der Waals surface area contributed by atoms with Gasteiger partial charge in [0.2, 0.25) is 0 Å². The number of H-pyrrole nitrogens is 1. The van der Waals surface area contributed by atoms with Gasteiger partial charge < -0.3 is 4.98 Å². The monoisotopic (exact) mass is 223 g/mol. The molecule has 1 N–H and O–H groups in total. The van der Waals surface area contributed by atoms with E-state index in [1.165, 1.54) is 0 Å². The van der Waals surface area contributed by atoms with Gasteiger partial charge in [-0.25, -0.2) is 4.98 Å². The molecule has 70 valence electrons. The van der Waals surface area contributed by atoms with Gasteiger partial charge in [0.1, 0.15) is 11.2 Å². The molecule has 3 nitrogen and oxygen atoms in total. The average molecular weight is 224 g/mol. The van der Waals surface area contributed by atoms with Crippen LogP contribution in [0.5, 0.6) is 0 Å². The molecule has 0 bridgehead atoms. The first-order valence-electron chi connectivity index (χ1n) is 3.94. The Kier molecular flexibility index (Phi) is 2.62. The maximum Gasteiger partial charge on any atom is 0.133 e. The smallest absolute Gasteiger partial charge is 0.133 e. The van der Waals surface area contributed by atoms with Crippen molar-refractivity contribution < 1.29 is 0 Å². The van der Waals surface area contributed by atoms with Crippen molar-refractivity contribution in [1.82, 2.24) is 9.97 Å². The number of benzene rings is 1. The Morgan fingerprint density at radius 2 is 2.43 bits per heavy atom. The molecule has 5 heteroatoms. The first-order valence-corrected chi connectivity index (χ1v) is 5.31. The van der Waals surface area contributed by atoms with Crippen molar-refractivity contribution in [3.63, 3.8) is 0 Å². The predicted molar refractivity (Wildman–Crippen MR) is 58.0 cm³/mol. The van der Waals surface area contributed by atoms with E-state index in [4.69, 9.17) is 16.9 Å². The van der Waals surface area contributed by atoms with Gasteiger partial charge in [-0.3, -0.25) is 0 Å². The number of nitrogens with zero attached hydrogens (tertiary/aromatic N) is 2. The fraction of sp³-hybridized carbons (Fsp3) is 0.111. The number of hydrogen-bond acceptors (Lipinski definition) is 3. The van der Waals surface area contributed by atoms with Gasteiger partial charge in [0.25, 0.3) is 0 Å². The summed E-state index contributed by atoms with van der Waals surface area (Å²) in [4.78, 5) is 7.41. The van der Waals surface area contributed by atoms with Crippen LogP contribution in [0.3, 0.4) is 0 Å². The Balaban J connectivity index is 2.37. The van der Waals surface area contributed by atoms with Crippen molar-refractivity contribution in [2.75, 3.05) is 0 Å². The quantitative estimate of drug-likeness (QED) is 0.797. The van der Waals surface area contributed by atoms with Crippen LogP contribution in [0.1, 0.15) is 5.82 Å². The predicted octanol–water partition coefficient (Wildman–Crippen LogP) is 2.93. The van der Waals surface area contributed by atoms with Gasteiger partial charge in [-0.15, -0.1) is 0 Å². The van der Waals surface area contributed by atoms with Gasteiger partial charge >= 0.3 is 0 Å². The number of aromatic nitrogens is 2. The lowest BCUT2D eigenvalue weighted by molar-refractivity contribution is 1.14. The number of nitrogens with one attached hydrogen (secondary N) is 1. The molecule has 2 rings (SSSR count). The molecule has 0 aliphatic carbocycles. The molecule has 0 atom stereocenters. The van der Waals surface area contributed by atoms with Crippen molar-refractivity contribution in [3.05, 3.63) is 29.0 Å². The standard InChI is InChI=1S/C9H6ClN3S/c10-6-1-2-7-8(3-6)13-9(12-7)4-14-5-11/h1-3H,4H2,(H,12,13). The number of halogens is 1. The number of hydrogen-bond donors (Lipinski definition) is 1. The van der Waals surface area contributed by atoms with Crippen molar-refractivity contribution in [3.8, 4) is 5.40 Å². The zero-order valence-corrected chi connectivity index (χ0v) is 8.69. The second-order valence-electron chi connectivity index (χ2n) is 2.72. The normalized spacial score (nSPS) is 10.3. The van der Waals surface area contributed by atoms with E-state index in [1.54, 1.807) is 6.07 Å². The van der Waals surface area contributed by atoms with E-state index in [0.717, 1.165) is 28.6 Å². The van der Waals surface area contributed by atoms with Crippen LogP contribution in [0.15, 0.2) is 18.2 Å². The number of imidazole rings is 1. The van der Waals surface area contributed by atoms with Crippen LogP contribution in [0.2, 0.25) is 5.02 Å². The summed E-state index contributed by atoms with van der Waals surface area (Å²) in [5.74, 6) is 1.37. The highest BCUT2D eigenvalue weighted by Gasteiger charge is 2.02. The topological polar surface area (TPSA) is 52.5 Å². The van der Waals surface area contributed by atoms with Crippen LogP contribution < -0.4 is 0 Å². The largest absolute Gasteiger partial charge is 0.341 e. The molecule has 14 heavy (non-hydrogen) atoms. The Morgan fingerprint density at radius 1 is 1.57 bits per heavy atom. The minimum Gasteiger partial charge on any atom is -0.341 e. The van der Waals surface area contributed by atoms with Gasteiger partial charge in [0.05, 0.1) is 16.8 Å². The van der Waals surface area contributed by atoms with Crippen molar-refractivity contribution >= 4 is 34.4 Å². The highest BCUT2D eigenvalue weighted by Crippen LogP contribution is 2.18. The summed E-state index contributed by atoms with van der Waals surface area (Å²) >= 11 is 6.99. The number of nitriles is 1. The third-order valence-corrected chi connectivity index (χ3v) is 2.55. The van der Waals surface area contributed by atoms with Crippen LogP contribution in [0.25, 0.3) is 11.0 Å². The Bertz CT molecular complexity index is 500. The Morgan fingerprint density at radius 3 is 3.21 bits per heavy atom. The summed E-state index contributed by atoms with van der Waals surface area (Å²) in [5, 5.41) is 11.1. The first-order chi connectivity index (χ1) is 6.79. The van der Waals surface area contributed by atoms with Crippen LogP contribution in [0, 0.1) is 10.7 Å². The van der Waals surface area contributed by atoms with Crippen LogP contribution in [0.4, 0.5) is 0 Å². The number of thioether (sulfide) groups is 1. The zero-order valence-electron chi connectivity index (χ0n) is 7.12. The van der Waals surface area contributed by atoms with Gasteiger partial charge in [-0.1, -0.05) is 11.6 Å². The van der Waals surface area contributed by atoms with E-state index in [-0.39, 0.29) is 0 Å². The molecule has 0 amide bonds. The summed E-state index contributed by atoms with van der Waals surface area (Å²) in [6.45, 7) is 0. The molecule has 0 radical (unpaired) electrons. The van der Waals surface area contributed by atoms with Crippen molar-refractivity contribution in [2.24, 2.45) is 0 Å². The van der Waals surface area contributed by atoms with Crippen molar-refractivity contribution in [2.45, 2.75) is 5.75 Å². The first kappa shape index (κ1) is 9.38. The lowest BCUT2D eigenvalue weighted by Gasteiger charge is -1.87. The lowest BCUT2D eigenvalue weighted by Crippen LogP contribution is -1.80. The number of aromatic amines is 1. The molecule has 1 heterocycles. The highest BCUT2D eigenvalue weighted by atomic mass is 35.5. The average Bonchev–Trinajstić information content (AvgIpc) is 2.56. The third kappa shape index (κ3) is 1.84. The molecule has 0 saturated heterocycles. The number of fused-ring (bicyclic) bond motifs is 1. The van der Waals surface area contributed by atoms with Crippen LogP contribution >= 0.6 is 23.4 Å². The van der Waals surface area contributed by atoms with Gasteiger partial charge in [0.15, 0.2) is 0 Å². The summed E-state index contributed by atoms with van der Waals surface area (Å²) in [6.07, 6.45) is 0. The maximum absolute atomic E-state index is 8.40. The van der Waals surface area contributed by atoms with E-state index >= 15 is 0 Å². The molecule has 0 aliphatic heterocycles. The summed E-state index contributed by atoms with van der Waals surface area (Å²) < 4.78 is 0. The van der Waals surface area contributed by atoms with Crippen molar-refractivity contribution in [1.29, 1.82) is 5.26 Å². The molecule has 1 aromatic carbocycles. The summed E-state index contributed by atoms with van der Waals surface area (Å²) in [6, 6.07) is 5.48. The lowest BCUT2D eigenvalue weighted by atomic mass is 10.3. The van der Waals surface area contributed by atoms with E-state index in [2.05, 4.69) is 9.97 Å². The molecule has 0 saturated carbocycles. The second-order valence-corrected chi connectivity index (χ2v) is 3.92. The molecule has 0 fully saturated rings. The molecule has 0 unspecified atom stereocenters. The highest BCUT2D eigenvalue weighted by molar-refractivity contribution is 8.02. The molecule has 1 aromatic heterocycles. The SMILES string of the molecule is N#CSCc1nc2ccc(Cl)cc2[nH]1. The maximum atomic E-state index is 8.40. The molecular weight excluding hydrogens is 218 g/mol. The minimum absolute atomic E-state index is 0.572. The molecule has 2 aromatic rings. The van der Waals surface area contributed by atoms with E-state index < -0.39 is 0 Å². The third-order valence-electron chi connectivity index (χ3n) is 1.77. The minimum atomic E-state index is 0.572. The van der Waals surface area contributed by atoms with E-state index in [1.807, 2.05) is 17.5 Å². The molecule has 0 spiro atoms. The van der Waals surface area contributed by atoms with Crippen LogP contribution in [-0.4, -0.2) is 9.97 Å². The fourth-order valence-corrected chi connectivity index (χ4v) is 1.71. The zero-order chi connectivity index (χ0) is 9.97. The summed E-state index contributed by atoms with van der Waals surface area (Å²) in [5.41, 5.74) is 1.79. The Labute approximate surface area is 90.1 Å². The summed E-state index contributed by atoms with van der Waals surface area (Å²) in [7, 11) is 0. The fourth-order valence-electron chi connectivity index (χ4n) is 1.20. The van der Waals surface area contributed by atoms with E-state index in [0.29, 0.717) is 10.8 Å². The number of rotatable bonds is 2. The Hall–Kier alpha value is -1.18. The van der Waals surface area contributed by atoms with E-state index in [9.17, 15) is 0 Å². The number of thiocyanates is 1. The van der Waals surface area contributed by atoms with Crippen LogP contribution in [-0.2, 0) is 5.75 Å². The molecular formula is C9H6ClN3S. The second kappa shape index (κ2) is 3.91. The molecule has 0 aliphatic rings. The van der Waals surface area contributed by atoms with Gasteiger partial charge in [-0.2, -0.15) is 5.26 Å². The van der Waals surface area contributed by atoms with Gasteiger partial charge in [-0.05, 0) is 30.0 Å².